The predicted octanol–water partition coefficient (Wildman–Crippen LogP) is 3.96. The lowest BCUT2D eigenvalue weighted by atomic mass is 9.97. The molecule has 1 aliphatic rings. The van der Waals surface area contributed by atoms with Crippen LogP contribution in [-0.4, -0.2) is 36.7 Å². The van der Waals surface area contributed by atoms with Crippen LogP contribution in [-0.2, 0) is 21.2 Å². The van der Waals surface area contributed by atoms with E-state index in [1.165, 1.54) is 32.5 Å². The van der Waals surface area contributed by atoms with Crippen molar-refractivity contribution in [2.24, 2.45) is 5.92 Å². The van der Waals surface area contributed by atoms with E-state index in [0.717, 1.165) is 16.6 Å². The summed E-state index contributed by atoms with van der Waals surface area (Å²) in [5.41, 5.74) is 2.13. The van der Waals surface area contributed by atoms with Gasteiger partial charge < -0.3 is 5.32 Å². The number of carbonyl (C=O) groups is 1. The third-order valence-corrected chi connectivity index (χ3v) is 9.21. The maximum atomic E-state index is 12.6. The molecule has 0 aliphatic carbocycles. The number of amides is 1. The molecule has 148 valence electrons. The van der Waals surface area contributed by atoms with E-state index in [2.05, 4.69) is 29.4 Å². The molecule has 0 bridgehead atoms. The number of benzene rings is 1. The Balaban J connectivity index is 1.39. The van der Waals surface area contributed by atoms with Crippen molar-refractivity contribution in [2.45, 2.75) is 30.4 Å². The first-order valence-electron chi connectivity index (χ1n) is 9.21. The van der Waals surface area contributed by atoms with Crippen molar-refractivity contribution >= 4 is 54.0 Å². The van der Waals surface area contributed by atoms with Gasteiger partial charge in [0, 0.05) is 19.0 Å². The fraction of sp³-hybridized carbons (Fsp3) is 0.368. The summed E-state index contributed by atoms with van der Waals surface area (Å²) in [7, 11) is -3.44. The summed E-state index contributed by atoms with van der Waals surface area (Å²) in [6.45, 7) is 2.83. The topological polar surface area (TPSA) is 79.4 Å². The number of nitrogens with zero attached hydrogens (tertiary/aromatic N) is 2. The van der Waals surface area contributed by atoms with Crippen molar-refractivity contribution in [3.05, 3.63) is 41.3 Å². The minimum atomic E-state index is -3.44. The molecule has 0 saturated carbocycles. The fourth-order valence-electron chi connectivity index (χ4n) is 3.35. The smallest absolute Gasteiger partial charge is 0.252 e. The second-order valence-electron chi connectivity index (χ2n) is 6.77. The highest BCUT2D eigenvalue weighted by Crippen LogP contribution is 2.30. The quantitative estimate of drug-likeness (QED) is 0.658. The normalized spacial score (nSPS) is 16.5. The molecule has 0 radical (unpaired) electrons. The van der Waals surface area contributed by atoms with E-state index < -0.39 is 10.0 Å². The van der Waals surface area contributed by atoms with Crippen LogP contribution in [0.2, 0.25) is 0 Å². The molecule has 1 saturated heterocycles. The van der Waals surface area contributed by atoms with E-state index in [1.54, 1.807) is 17.5 Å². The first kappa shape index (κ1) is 19.5. The molecule has 2 aromatic heterocycles. The average Bonchev–Trinajstić information content (AvgIpc) is 3.37. The van der Waals surface area contributed by atoms with Gasteiger partial charge in [-0.1, -0.05) is 30.4 Å². The summed E-state index contributed by atoms with van der Waals surface area (Å²) in [6, 6.07) is 9.50. The Labute approximate surface area is 172 Å². The Morgan fingerprint density at radius 1 is 1.29 bits per heavy atom. The van der Waals surface area contributed by atoms with Crippen LogP contribution >= 0.6 is 22.7 Å². The van der Waals surface area contributed by atoms with Gasteiger partial charge in [-0.15, -0.1) is 11.3 Å². The number of piperidine rings is 1. The predicted molar refractivity (Wildman–Crippen MR) is 113 cm³/mol. The zero-order chi connectivity index (χ0) is 19.7. The molecular weight excluding hydrogens is 414 g/mol. The highest BCUT2D eigenvalue weighted by molar-refractivity contribution is 7.91. The monoisotopic (exact) mass is 435 g/mol. The molecule has 1 aromatic carbocycles. The Kier molecular flexibility index (Phi) is 5.50. The van der Waals surface area contributed by atoms with Gasteiger partial charge in [-0.3, -0.25) is 4.79 Å². The molecule has 1 amide bonds. The van der Waals surface area contributed by atoms with Crippen LogP contribution in [0.25, 0.3) is 10.2 Å². The van der Waals surface area contributed by atoms with Gasteiger partial charge in [0.2, 0.25) is 5.91 Å². The van der Waals surface area contributed by atoms with Crippen LogP contribution in [0.15, 0.2) is 39.9 Å². The number of hydrogen-bond donors (Lipinski definition) is 1. The Morgan fingerprint density at radius 2 is 2.07 bits per heavy atom. The third kappa shape index (κ3) is 3.84. The summed E-state index contributed by atoms with van der Waals surface area (Å²) in [5, 5.41) is 5.28. The van der Waals surface area contributed by atoms with Crippen LogP contribution in [0, 0.1) is 5.92 Å². The van der Waals surface area contributed by atoms with Gasteiger partial charge >= 0.3 is 0 Å². The van der Waals surface area contributed by atoms with Crippen LogP contribution in [0.5, 0.6) is 0 Å². The highest BCUT2D eigenvalue weighted by Gasteiger charge is 2.32. The molecule has 1 fully saturated rings. The molecule has 1 aliphatic heterocycles. The van der Waals surface area contributed by atoms with Crippen LogP contribution < -0.4 is 5.32 Å². The number of nitrogens with one attached hydrogen (secondary N) is 1. The van der Waals surface area contributed by atoms with Crippen molar-refractivity contribution in [1.82, 2.24) is 9.29 Å². The van der Waals surface area contributed by atoms with Crippen molar-refractivity contribution < 1.29 is 13.2 Å². The second kappa shape index (κ2) is 7.90. The molecule has 6 nitrogen and oxygen atoms in total. The number of carbonyl (C=O) groups excluding carboxylic acids is 1. The molecule has 0 unspecified atom stereocenters. The molecule has 0 atom stereocenters. The van der Waals surface area contributed by atoms with Gasteiger partial charge in [-0.2, -0.15) is 4.31 Å². The maximum Gasteiger partial charge on any atom is 0.252 e. The molecule has 0 spiro atoms. The van der Waals surface area contributed by atoms with Gasteiger partial charge in [0.15, 0.2) is 5.13 Å². The number of rotatable bonds is 5. The van der Waals surface area contributed by atoms with Crippen LogP contribution in [0.1, 0.15) is 25.3 Å². The molecule has 3 heterocycles. The summed E-state index contributed by atoms with van der Waals surface area (Å²) in [6.07, 6.45) is 1.99. The highest BCUT2D eigenvalue weighted by atomic mass is 32.2. The van der Waals surface area contributed by atoms with Gasteiger partial charge in [-0.25, -0.2) is 13.4 Å². The Morgan fingerprint density at radius 3 is 2.75 bits per heavy atom. The lowest BCUT2D eigenvalue weighted by molar-refractivity contribution is -0.120. The number of sulfonamides is 1. The number of anilines is 1. The first-order chi connectivity index (χ1) is 13.5. The summed E-state index contributed by atoms with van der Waals surface area (Å²) < 4.78 is 28.1. The number of aryl methyl sites for hydroxylation is 1. The Bertz CT molecular complexity index is 1080. The summed E-state index contributed by atoms with van der Waals surface area (Å²) in [4.78, 5) is 17.1. The molecular formula is C19H21N3O3S3. The summed E-state index contributed by atoms with van der Waals surface area (Å²) in [5.74, 6) is -0.282. The standard InChI is InChI=1S/C19H21N3O3S3/c1-2-13-5-6-15-16(12-13)27-19(20-15)21-18(23)14-7-9-22(10-8-14)28(24,25)17-4-3-11-26-17/h3-6,11-12,14H,2,7-10H2,1H3,(H,20,21,23). The van der Waals surface area contributed by atoms with E-state index in [9.17, 15) is 13.2 Å². The van der Waals surface area contributed by atoms with E-state index in [1.807, 2.05) is 6.07 Å². The summed E-state index contributed by atoms with van der Waals surface area (Å²) >= 11 is 2.70. The van der Waals surface area contributed by atoms with E-state index in [-0.39, 0.29) is 11.8 Å². The van der Waals surface area contributed by atoms with Gasteiger partial charge in [0.1, 0.15) is 4.21 Å². The third-order valence-electron chi connectivity index (χ3n) is 5.01. The molecule has 28 heavy (non-hydrogen) atoms. The Hall–Kier alpha value is -1.81. The number of thiazole rings is 1. The average molecular weight is 436 g/mol. The number of aromatic nitrogens is 1. The number of hydrogen-bond acceptors (Lipinski definition) is 6. The van der Waals surface area contributed by atoms with Crippen molar-refractivity contribution in [3.8, 4) is 0 Å². The van der Waals surface area contributed by atoms with E-state index in [4.69, 9.17) is 0 Å². The zero-order valence-corrected chi connectivity index (χ0v) is 17.9. The minimum Gasteiger partial charge on any atom is -0.302 e. The number of fused-ring (bicyclic) bond motifs is 1. The maximum absolute atomic E-state index is 12.6. The van der Waals surface area contributed by atoms with Crippen molar-refractivity contribution in [3.63, 3.8) is 0 Å². The van der Waals surface area contributed by atoms with Crippen LogP contribution in [0.3, 0.4) is 0 Å². The SMILES string of the molecule is CCc1ccc2nc(NC(=O)C3CCN(S(=O)(=O)c4cccs4)CC3)sc2c1. The van der Waals surface area contributed by atoms with Crippen LogP contribution in [0.4, 0.5) is 5.13 Å². The number of thiophene rings is 1. The van der Waals surface area contributed by atoms with E-state index in [0.29, 0.717) is 35.3 Å². The van der Waals surface area contributed by atoms with E-state index >= 15 is 0 Å². The zero-order valence-electron chi connectivity index (χ0n) is 15.4. The largest absolute Gasteiger partial charge is 0.302 e. The lowest BCUT2D eigenvalue weighted by Crippen LogP contribution is -2.41. The fourth-order valence-corrected chi connectivity index (χ4v) is 6.89. The molecule has 3 aromatic rings. The second-order valence-corrected chi connectivity index (χ2v) is 10.9. The lowest BCUT2D eigenvalue weighted by Gasteiger charge is -2.29. The molecule has 9 heteroatoms. The van der Waals surface area contributed by atoms with Gasteiger partial charge in [-0.05, 0) is 48.4 Å². The molecule has 4 rings (SSSR count). The van der Waals surface area contributed by atoms with Gasteiger partial charge in [0.05, 0.1) is 10.2 Å². The van der Waals surface area contributed by atoms with Crippen molar-refractivity contribution in [1.29, 1.82) is 0 Å². The van der Waals surface area contributed by atoms with Crippen molar-refractivity contribution in [2.75, 3.05) is 18.4 Å². The minimum absolute atomic E-state index is 0.0806. The van der Waals surface area contributed by atoms with Gasteiger partial charge in [0.25, 0.3) is 10.0 Å². The first-order valence-corrected chi connectivity index (χ1v) is 12.3. The molecule has 1 N–H and O–H groups in total.